The van der Waals surface area contributed by atoms with Crippen molar-refractivity contribution < 1.29 is 0 Å². The van der Waals surface area contributed by atoms with Crippen LogP contribution in [0.4, 0.5) is 0 Å². The first-order valence-corrected chi connectivity index (χ1v) is 4.28. The van der Waals surface area contributed by atoms with E-state index in [1.54, 1.807) is 0 Å². The van der Waals surface area contributed by atoms with Gasteiger partial charge in [-0.3, -0.25) is 4.90 Å². The van der Waals surface area contributed by atoms with Gasteiger partial charge in [0.15, 0.2) is 0 Å². The third-order valence-corrected chi connectivity index (χ3v) is 1.95. The van der Waals surface area contributed by atoms with E-state index in [-0.39, 0.29) is 0 Å². The molecule has 1 aliphatic heterocycles. The highest BCUT2D eigenvalue weighted by Gasteiger charge is 2.14. The predicted octanol–water partition coefficient (Wildman–Crippen LogP) is 0.856. The molecule has 1 rings (SSSR count). The summed E-state index contributed by atoms with van der Waals surface area (Å²) < 4.78 is 0. The van der Waals surface area contributed by atoms with Crippen LogP contribution < -0.4 is 5.32 Å². The Kier molecular flexibility index (Phi) is 3.09. The minimum atomic E-state index is 0.642. The SMILES string of the molecule is C=C(C)CN1CCN[C@@H](C)C1. The molecular formula is C9H18N2. The molecule has 1 N–H and O–H groups in total. The zero-order chi connectivity index (χ0) is 8.27. The molecule has 0 radical (unpaired) electrons. The summed E-state index contributed by atoms with van der Waals surface area (Å²) >= 11 is 0. The van der Waals surface area contributed by atoms with Crippen LogP contribution in [0.5, 0.6) is 0 Å². The summed E-state index contributed by atoms with van der Waals surface area (Å²) in [4.78, 5) is 2.45. The molecule has 0 spiro atoms. The fourth-order valence-corrected chi connectivity index (χ4v) is 1.54. The second-order valence-corrected chi connectivity index (χ2v) is 3.55. The molecule has 1 heterocycles. The quantitative estimate of drug-likeness (QED) is 0.593. The van der Waals surface area contributed by atoms with Crippen LogP contribution in [-0.4, -0.2) is 37.1 Å². The van der Waals surface area contributed by atoms with Crippen LogP contribution in [0, 0.1) is 0 Å². The largest absolute Gasteiger partial charge is 0.312 e. The topological polar surface area (TPSA) is 15.3 Å². The van der Waals surface area contributed by atoms with Gasteiger partial charge in [0, 0.05) is 32.2 Å². The molecule has 1 atom stereocenters. The maximum absolute atomic E-state index is 3.91. The third kappa shape index (κ3) is 3.04. The van der Waals surface area contributed by atoms with E-state index in [9.17, 15) is 0 Å². The molecule has 0 bridgehead atoms. The number of piperazine rings is 1. The van der Waals surface area contributed by atoms with Gasteiger partial charge in [-0.25, -0.2) is 0 Å². The Labute approximate surface area is 69.3 Å². The van der Waals surface area contributed by atoms with E-state index in [0.717, 1.165) is 26.2 Å². The molecule has 0 amide bonds. The fraction of sp³-hybridized carbons (Fsp3) is 0.778. The molecule has 64 valence electrons. The number of hydrogen-bond acceptors (Lipinski definition) is 2. The number of rotatable bonds is 2. The van der Waals surface area contributed by atoms with Gasteiger partial charge in [-0.1, -0.05) is 12.2 Å². The molecule has 1 saturated heterocycles. The lowest BCUT2D eigenvalue weighted by atomic mass is 10.2. The maximum atomic E-state index is 3.91. The van der Waals surface area contributed by atoms with E-state index in [0.29, 0.717) is 6.04 Å². The van der Waals surface area contributed by atoms with Crippen LogP contribution >= 0.6 is 0 Å². The predicted molar refractivity (Wildman–Crippen MR) is 48.7 cm³/mol. The average Bonchev–Trinajstić information content (AvgIpc) is 1.85. The molecule has 0 aromatic carbocycles. The summed E-state index contributed by atoms with van der Waals surface area (Å²) in [6, 6.07) is 0.642. The van der Waals surface area contributed by atoms with Gasteiger partial charge in [0.25, 0.3) is 0 Å². The Morgan fingerprint density at radius 2 is 2.45 bits per heavy atom. The lowest BCUT2D eigenvalue weighted by Gasteiger charge is -2.31. The molecule has 1 fully saturated rings. The number of hydrogen-bond donors (Lipinski definition) is 1. The number of nitrogens with one attached hydrogen (secondary N) is 1. The zero-order valence-electron chi connectivity index (χ0n) is 7.56. The molecular weight excluding hydrogens is 136 g/mol. The van der Waals surface area contributed by atoms with E-state index in [2.05, 4.69) is 30.6 Å². The van der Waals surface area contributed by atoms with Crippen molar-refractivity contribution in [3.8, 4) is 0 Å². The van der Waals surface area contributed by atoms with Crippen molar-refractivity contribution >= 4 is 0 Å². The van der Waals surface area contributed by atoms with E-state index in [1.165, 1.54) is 5.57 Å². The standard InChI is InChI=1S/C9H18N2/c1-8(2)6-11-5-4-10-9(3)7-11/h9-10H,1,4-7H2,2-3H3/t9-/m0/s1. The van der Waals surface area contributed by atoms with Crippen LogP contribution in [0.25, 0.3) is 0 Å². The van der Waals surface area contributed by atoms with Gasteiger partial charge in [0.05, 0.1) is 0 Å². The van der Waals surface area contributed by atoms with Gasteiger partial charge in [0.1, 0.15) is 0 Å². The first-order chi connectivity index (χ1) is 5.18. The Balaban J connectivity index is 2.28. The van der Waals surface area contributed by atoms with Gasteiger partial charge in [-0.05, 0) is 13.8 Å². The third-order valence-electron chi connectivity index (χ3n) is 1.95. The normalized spacial score (nSPS) is 26.9. The smallest absolute Gasteiger partial charge is 0.0188 e. The first kappa shape index (κ1) is 8.75. The van der Waals surface area contributed by atoms with Crippen LogP contribution in [0.2, 0.25) is 0 Å². The second kappa shape index (κ2) is 3.88. The van der Waals surface area contributed by atoms with Crippen molar-refractivity contribution in [1.82, 2.24) is 10.2 Å². The first-order valence-electron chi connectivity index (χ1n) is 4.28. The van der Waals surface area contributed by atoms with Crippen molar-refractivity contribution in [3.63, 3.8) is 0 Å². The Morgan fingerprint density at radius 1 is 1.73 bits per heavy atom. The van der Waals surface area contributed by atoms with Crippen molar-refractivity contribution in [2.24, 2.45) is 0 Å². The van der Waals surface area contributed by atoms with E-state index < -0.39 is 0 Å². The van der Waals surface area contributed by atoms with Gasteiger partial charge in [0.2, 0.25) is 0 Å². The van der Waals surface area contributed by atoms with Crippen LogP contribution in [0.1, 0.15) is 13.8 Å². The lowest BCUT2D eigenvalue weighted by molar-refractivity contribution is 0.222. The zero-order valence-corrected chi connectivity index (χ0v) is 7.56. The highest BCUT2D eigenvalue weighted by atomic mass is 15.2. The van der Waals surface area contributed by atoms with Crippen LogP contribution in [0.3, 0.4) is 0 Å². The number of nitrogens with zero attached hydrogens (tertiary/aromatic N) is 1. The molecule has 11 heavy (non-hydrogen) atoms. The molecule has 2 nitrogen and oxygen atoms in total. The second-order valence-electron chi connectivity index (χ2n) is 3.55. The van der Waals surface area contributed by atoms with Gasteiger partial charge in [-0.15, -0.1) is 0 Å². The van der Waals surface area contributed by atoms with Crippen LogP contribution in [-0.2, 0) is 0 Å². The summed E-state index contributed by atoms with van der Waals surface area (Å²) in [5, 5.41) is 3.41. The summed E-state index contributed by atoms with van der Waals surface area (Å²) in [5.74, 6) is 0. The molecule has 0 unspecified atom stereocenters. The maximum Gasteiger partial charge on any atom is 0.0188 e. The van der Waals surface area contributed by atoms with Crippen molar-refractivity contribution in [2.45, 2.75) is 19.9 Å². The Hall–Kier alpha value is -0.340. The molecule has 0 aromatic heterocycles. The lowest BCUT2D eigenvalue weighted by Crippen LogP contribution is -2.49. The van der Waals surface area contributed by atoms with Crippen molar-refractivity contribution in [1.29, 1.82) is 0 Å². The molecule has 0 saturated carbocycles. The minimum absolute atomic E-state index is 0.642. The molecule has 1 aliphatic rings. The monoisotopic (exact) mass is 154 g/mol. The molecule has 0 aliphatic carbocycles. The highest BCUT2D eigenvalue weighted by Crippen LogP contribution is 2.00. The van der Waals surface area contributed by atoms with Gasteiger partial charge in [-0.2, -0.15) is 0 Å². The molecule has 2 heteroatoms. The van der Waals surface area contributed by atoms with E-state index in [4.69, 9.17) is 0 Å². The van der Waals surface area contributed by atoms with Gasteiger partial charge < -0.3 is 5.32 Å². The van der Waals surface area contributed by atoms with E-state index in [1.807, 2.05) is 0 Å². The Morgan fingerprint density at radius 3 is 3.00 bits per heavy atom. The average molecular weight is 154 g/mol. The summed E-state index contributed by atoms with van der Waals surface area (Å²) in [7, 11) is 0. The summed E-state index contributed by atoms with van der Waals surface area (Å²) in [5.41, 5.74) is 1.26. The van der Waals surface area contributed by atoms with E-state index >= 15 is 0 Å². The minimum Gasteiger partial charge on any atom is -0.312 e. The summed E-state index contributed by atoms with van der Waals surface area (Å²) in [6.45, 7) is 12.7. The Bertz CT molecular complexity index is 142. The van der Waals surface area contributed by atoms with Crippen molar-refractivity contribution in [2.75, 3.05) is 26.2 Å². The van der Waals surface area contributed by atoms with Crippen molar-refractivity contribution in [3.05, 3.63) is 12.2 Å². The molecule has 0 aromatic rings. The fourth-order valence-electron chi connectivity index (χ4n) is 1.54. The van der Waals surface area contributed by atoms with Crippen LogP contribution in [0.15, 0.2) is 12.2 Å². The van der Waals surface area contributed by atoms with Gasteiger partial charge >= 0.3 is 0 Å². The summed E-state index contributed by atoms with van der Waals surface area (Å²) in [6.07, 6.45) is 0. The highest BCUT2D eigenvalue weighted by molar-refractivity contribution is 4.93.